The standard InChI is InChI=1S/C14H14FN3O3/c15-11-6-9(7-16)3-4-12(11)17-14(21)18-5-1-2-10(8-18)13(19)20/h3-4,6,10H,1-2,5,8H2,(H,17,21)(H,19,20). The Morgan fingerprint density at radius 3 is 2.86 bits per heavy atom. The first-order chi connectivity index (χ1) is 10.0. The molecular formula is C14H14FN3O3. The Morgan fingerprint density at radius 1 is 1.48 bits per heavy atom. The van der Waals surface area contributed by atoms with E-state index in [9.17, 15) is 14.0 Å². The molecular weight excluding hydrogens is 277 g/mol. The molecule has 0 bridgehead atoms. The zero-order valence-electron chi connectivity index (χ0n) is 11.2. The van der Waals surface area contributed by atoms with Crippen molar-refractivity contribution in [1.29, 1.82) is 5.26 Å². The van der Waals surface area contributed by atoms with Crippen molar-refractivity contribution < 1.29 is 19.1 Å². The van der Waals surface area contributed by atoms with Gasteiger partial charge in [0.1, 0.15) is 5.82 Å². The van der Waals surface area contributed by atoms with Crippen molar-refractivity contribution in [1.82, 2.24) is 4.90 Å². The number of aliphatic carboxylic acids is 1. The molecule has 1 fully saturated rings. The van der Waals surface area contributed by atoms with Crippen LogP contribution in [0.2, 0.25) is 0 Å². The predicted octanol–water partition coefficient (Wildman–Crippen LogP) is 2.03. The van der Waals surface area contributed by atoms with Crippen LogP contribution in [0.15, 0.2) is 18.2 Å². The van der Waals surface area contributed by atoms with Crippen molar-refractivity contribution in [3.63, 3.8) is 0 Å². The molecule has 110 valence electrons. The van der Waals surface area contributed by atoms with E-state index < -0.39 is 23.7 Å². The number of nitrogens with one attached hydrogen (secondary N) is 1. The van der Waals surface area contributed by atoms with Gasteiger partial charge in [0.25, 0.3) is 0 Å². The number of halogens is 1. The average molecular weight is 291 g/mol. The molecule has 0 spiro atoms. The highest BCUT2D eigenvalue weighted by molar-refractivity contribution is 5.90. The molecule has 1 atom stereocenters. The number of urea groups is 1. The van der Waals surface area contributed by atoms with Crippen LogP contribution in [-0.4, -0.2) is 35.1 Å². The maximum atomic E-state index is 13.7. The molecule has 2 N–H and O–H groups in total. The fraction of sp³-hybridized carbons (Fsp3) is 0.357. The van der Waals surface area contributed by atoms with Crippen molar-refractivity contribution in [2.75, 3.05) is 18.4 Å². The molecule has 0 saturated carbocycles. The van der Waals surface area contributed by atoms with E-state index in [4.69, 9.17) is 10.4 Å². The van der Waals surface area contributed by atoms with E-state index in [1.165, 1.54) is 17.0 Å². The summed E-state index contributed by atoms with van der Waals surface area (Å²) in [5.74, 6) is -2.22. The topological polar surface area (TPSA) is 93.4 Å². The summed E-state index contributed by atoms with van der Waals surface area (Å²) in [6.45, 7) is 0.548. The summed E-state index contributed by atoms with van der Waals surface area (Å²) in [5.41, 5.74) is 0.130. The quantitative estimate of drug-likeness (QED) is 0.871. The lowest BCUT2D eigenvalue weighted by atomic mass is 9.99. The number of hydrogen-bond acceptors (Lipinski definition) is 3. The maximum Gasteiger partial charge on any atom is 0.321 e. The van der Waals surface area contributed by atoms with E-state index in [-0.39, 0.29) is 17.8 Å². The lowest BCUT2D eigenvalue weighted by Gasteiger charge is -2.30. The summed E-state index contributed by atoms with van der Waals surface area (Å²) in [7, 11) is 0. The molecule has 7 heteroatoms. The highest BCUT2D eigenvalue weighted by Gasteiger charge is 2.28. The zero-order chi connectivity index (χ0) is 15.4. The van der Waals surface area contributed by atoms with Gasteiger partial charge in [-0.25, -0.2) is 9.18 Å². The molecule has 1 aliphatic rings. The molecule has 1 aromatic rings. The van der Waals surface area contributed by atoms with Crippen molar-refractivity contribution in [3.8, 4) is 6.07 Å². The average Bonchev–Trinajstić information content (AvgIpc) is 2.49. The summed E-state index contributed by atoms with van der Waals surface area (Å²) >= 11 is 0. The number of carbonyl (C=O) groups is 2. The molecule has 1 aromatic carbocycles. The number of nitriles is 1. The first-order valence-corrected chi connectivity index (χ1v) is 6.49. The smallest absolute Gasteiger partial charge is 0.321 e. The van der Waals surface area contributed by atoms with Crippen LogP contribution >= 0.6 is 0 Å². The first-order valence-electron chi connectivity index (χ1n) is 6.49. The van der Waals surface area contributed by atoms with Crippen LogP contribution in [0.5, 0.6) is 0 Å². The summed E-state index contributed by atoms with van der Waals surface area (Å²) in [6.07, 6.45) is 1.13. The van der Waals surface area contributed by atoms with Crippen molar-refractivity contribution >= 4 is 17.7 Å². The number of carbonyl (C=O) groups excluding carboxylic acids is 1. The van der Waals surface area contributed by atoms with Gasteiger partial charge in [-0.3, -0.25) is 4.79 Å². The molecule has 0 radical (unpaired) electrons. The molecule has 0 aliphatic carbocycles. The van der Waals surface area contributed by atoms with Crippen LogP contribution < -0.4 is 5.32 Å². The van der Waals surface area contributed by atoms with Gasteiger partial charge in [0.15, 0.2) is 0 Å². The second-order valence-electron chi connectivity index (χ2n) is 4.86. The zero-order valence-corrected chi connectivity index (χ0v) is 11.2. The number of carboxylic acid groups (broad SMARTS) is 1. The van der Waals surface area contributed by atoms with E-state index in [1.54, 1.807) is 6.07 Å². The number of amides is 2. The third-order valence-electron chi connectivity index (χ3n) is 3.40. The second kappa shape index (κ2) is 6.22. The largest absolute Gasteiger partial charge is 0.481 e. The van der Waals surface area contributed by atoms with Crippen molar-refractivity contribution in [2.45, 2.75) is 12.8 Å². The van der Waals surface area contributed by atoms with Crippen LogP contribution in [0.25, 0.3) is 0 Å². The molecule has 6 nitrogen and oxygen atoms in total. The van der Waals surface area contributed by atoms with E-state index in [0.717, 1.165) is 6.07 Å². The lowest BCUT2D eigenvalue weighted by molar-refractivity contribution is -0.143. The summed E-state index contributed by atoms with van der Waals surface area (Å²) < 4.78 is 13.7. The van der Waals surface area contributed by atoms with Gasteiger partial charge >= 0.3 is 12.0 Å². The monoisotopic (exact) mass is 291 g/mol. The van der Waals surface area contributed by atoms with E-state index in [1.807, 2.05) is 0 Å². The summed E-state index contributed by atoms with van der Waals surface area (Å²) in [6, 6.07) is 5.01. The van der Waals surface area contributed by atoms with Crippen LogP contribution in [0, 0.1) is 23.1 Å². The number of hydrogen-bond donors (Lipinski definition) is 2. The van der Waals surface area contributed by atoms with Gasteiger partial charge in [-0.2, -0.15) is 5.26 Å². The molecule has 1 unspecified atom stereocenters. The van der Waals surface area contributed by atoms with Gasteiger partial charge in [-0.1, -0.05) is 0 Å². The van der Waals surface area contributed by atoms with Gasteiger partial charge in [-0.15, -0.1) is 0 Å². The van der Waals surface area contributed by atoms with Gasteiger partial charge in [0, 0.05) is 13.1 Å². The Bertz CT molecular complexity index is 612. The second-order valence-corrected chi connectivity index (χ2v) is 4.86. The van der Waals surface area contributed by atoms with Gasteiger partial charge in [0.2, 0.25) is 0 Å². The Kier molecular flexibility index (Phi) is 4.38. The molecule has 1 aliphatic heterocycles. The van der Waals surface area contributed by atoms with Gasteiger partial charge in [0.05, 0.1) is 23.2 Å². The van der Waals surface area contributed by atoms with Gasteiger partial charge in [-0.05, 0) is 31.0 Å². The third kappa shape index (κ3) is 3.48. The number of carboxylic acids is 1. The fourth-order valence-electron chi connectivity index (χ4n) is 2.24. The van der Waals surface area contributed by atoms with E-state index >= 15 is 0 Å². The molecule has 1 heterocycles. The fourth-order valence-corrected chi connectivity index (χ4v) is 2.24. The molecule has 21 heavy (non-hydrogen) atoms. The molecule has 2 amide bonds. The molecule has 1 saturated heterocycles. The SMILES string of the molecule is N#Cc1ccc(NC(=O)N2CCCC(C(=O)O)C2)c(F)c1. The van der Waals surface area contributed by atoms with Gasteiger partial charge < -0.3 is 15.3 Å². The highest BCUT2D eigenvalue weighted by atomic mass is 19.1. The first kappa shape index (κ1) is 14.8. The Labute approximate surface area is 120 Å². The summed E-state index contributed by atoms with van der Waals surface area (Å²) in [4.78, 5) is 24.4. The minimum absolute atomic E-state index is 0.0311. The Morgan fingerprint density at radius 2 is 2.24 bits per heavy atom. The van der Waals surface area contributed by atoms with Crippen molar-refractivity contribution in [2.24, 2.45) is 5.92 Å². The lowest BCUT2D eigenvalue weighted by Crippen LogP contribution is -2.44. The third-order valence-corrected chi connectivity index (χ3v) is 3.40. The summed E-state index contributed by atoms with van der Waals surface area (Å²) in [5, 5.41) is 20.0. The molecule has 0 aromatic heterocycles. The number of nitrogens with zero attached hydrogens (tertiary/aromatic N) is 2. The Hall–Kier alpha value is -2.62. The van der Waals surface area contributed by atoms with E-state index in [0.29, 0.717) is 19.4 Å². The number of likely N-dealkylation sites (tertiary alicyclic amines) is 1. The minimum atomic E-state index is -0.933. The molecule has 2 rings (SSSR count). The number of anilines is 1. The minimum Gasteiger partial charge on any atom is -0.481 e. The highest BCUT2D eigenvalue weighted by Crippen LogP contribution is 2.20. The predicted molar refractivity (Wildman–Crippen MR) is 72.1 cm³/mol. The number of rotatable bonds is 2. The maximum absolute atomic E-state index is 13.7. The normalized spacial score (nSPS) is 17.9. The van der Waals surface area contributed by atoms with Crippen LogP contribution in [0.4, 0.5) is 14.9 Å². The van der Waals surface area contributed by atoms with Crippen LogP contribution in [0.3, 0.4) is 0 Å². The van der Waals surface area contributed by atoms with E-state index in [2.05, 4.69) is 5.32 Å². The Balaban J connectivity index is 2.04. The van der Waals surface area contributed by atoms with Crippen molar-refractivity contribution in [3.05, 3.63) is 29.6 Å². The van der Waals surface area contributed by atoms with Crippen LogP contribution in [-0.2, 0) is 4.79 Å². The number of benzene rings is 1. The number of piperidine rings is 1. The van der Waals surface area contributed by atoms with Crippen LogP contribution in [0.1, 0.15) is 18.4 Å².